The molecule has 0 amide bonds. The van der Waals surface area contributed by atoms with Crippen LogP contribution < -0.4 is 14.2 Å². The van der Waals surface area contributed by atoms with Gasteiger partial charge in [-0.1, -0.05) is 24.3 Å². The molecule has 10 nitrogen and oxygen atoms in total. The first-order valence-electron chi connectivity index (χ1n) is 11.2. The molecular weight excluding hydrogens is 482 g/mol. The number of hydrogen-bond acceptors (Lipinski definition) is 7. The van der Waals surface area contributed by atoms with Crippen molar-refractivity contribution in [2.45, 2.75) is 12.6 Å². The molecule has 0 saturated carbocycles. The average molecular weight is 510 g/mol. The lowest BCUT2D eigenvalue weighted by Gasteiger charge is -2.32. The molecule has 3 N–H and O–H groups in total. The Morgan fingerprint density at radius 3 is 2.00 bits per heavy atom. The number of nitrogens with zero attached hydrogens (tertiary/aromatic N) is 1. The Balaban J connectivity index is 2.08. The molecular formula is C27H27NO9. The highest BCUT2D eigenvalue weighted by Crippen LogP contribution is 2.38. The smallest absolute Gasteiger partial charge is 0.341 e. The zero-order valence-electron chi connectivity index (χ0n) is 20.3. The highest BCUT2D eigenvalue weighted by molar-refractivity contribution is 5.87. The lowest BCUT2D eigenvalue weighted by Crippen LogP contribution is -2.34. The molecule has 3 aromatic rings. The van der Waals surface area contributed by atoms with Gasteiger partial charge in [-0.05, 0) is 47.5 Å². The number of aromatic carboxylic acids is 1. The molecule has 10 heteroatoms. The number of ether oxygens (including phenoxy) is 3. The van der Waals surface area contributed by atoms with Crippen LogP contribution in [0.25, 0.3) is 0 Å². The van der Waals surface area contributed by atoms with Gasteiger partial charge in [-0.15, -0.1) is 0 Å². The van der Waals surface area contributed by atoms with Crippen molar-refractivity contribution < 1.29 is 43.9 Å². The van der Waals surface area contributed by atoms with Crippen LogP contribution in [0.3, 0.4) is 0 Å². The van der Waals surface area contributed by atoms with Gasteiger partial charge in [0.15, 0.2) is 6.61 Å². The third kappa shape index (κ3) is 7.21. The number of carboxylic acids is 3. The maximum absolute atomic E-state index is 11.9. The van der Waals surface area contributed by atoms with Crippen molar-refractivity contribution in [1.82, 2.24) is 4.90 Å². The van der Waals surface area contributed by atoms with Crippen LogP contribution in [0.2, 0.25) is 0 Å². The first-order valence-corrected chi connectivity index (χ1v) is 11.2. The second-order valence-electron chi connectivity index (χ2n) is 8.06. The Hall–Kier alpha value is -4.57. The van der Waals surface area contributed by atoms with E-state index in [1.807, 2.05) is 0 Å². The number of carbonyl (C=O) groups is 3. The highest BCUT2D eigenvalue weighted by Gasteiger charge is 2.28. The molecule has 0 fully saturated rings. The first-order chi connectivity index (χ1) is 17.7. The molecule has 3 rings (SSSR count). The summed E-state index contributed by atoms with van der Waals surface area (Å²) in [5.41, 5.74) is 2.21. The van der Waals surface area contributed by atoms with E-state index < -0.39 is 30.6 Å². The number of hydrogen-bond donors (Lipinski definition) is 3. The van der Waals surface area contributed by atoms with E-state index in [0.29, 0.717) is 33.9 Å². The Bertz CT molecular complexity index is 1240. The van der Waals surface area contributed by atoms with Gasteiger partial charge in [-0.25, -0.2) is 9.59 Å². The normalized spacial score (nSPS) is 11.5. The fourth-order valence-corrected chi connectivity index (χ4v) is 3.92. The highest BCUT2D eigenvalue weighted by atomic mass is 16.5. The van der Waals surface area contributed by atoms with Crippen LogP contribution in [-0.2, 0) is 16.1 Å². The SMILES string of the molecule is COc1ccc(C(c2ccc(OCC(=O)O)cc2)N(CC(=O)O)Cc2ccc(C(=O)O)cc2)c(OC)c1. The first kappa shape index (κ1) is 27.0. The van der Waals surface area contributed by atoms with Crippen molar-refractivity contribution >= 4 is 17.9 Å². The lowest BCUT2D eigenvalue weighted by molar-refractivity contribution is -0.140. The Kier molecular flexibility index (Phi) is 9.06. The van der Waals surface area contributed by atoms with E-state index in [0.717, 1.165) is 0 Å². The molecule has 0 bridgehead atoms. The Morgan fingerprint density at radius 1 is 0.811 bits per heavy atom. The molecule has 0 aliphatic carbocycles. The number of benzene rings is 3. The molecule has 0 aromatic heterocycles. The van der Waals surface area contributed by atoms with Gasteiger partial charge in [0.2, 0.25) is 0 Å². The van der Waals surface area contributed by atoms with Crippen LogP contribution in [0.5, 0.6) is 17.2 Å². The van der Waals surface area contributed by atoms with Gasteiger partial charge in [0.25, 0.3) is 0 Å². The molecule has 0 radical (unpaired) electrons. The summed E-state index contributed by atoms with van der Waals surface area (Å²) in [5.74, 6) is -1.83. The van der Waals surface area contributed by atoms with E-state index in [9.17, 15) is 24.6 Å². The van der Waals surface area contributed by atoms with Gasteiger partial charge < -0.3 is 29.5 Å². The monoisotopic (exact) mass is 509 g/mol. The van der Waals surface area contributed by atoms with Gasteiger partial charge in [0.05, 0.1) is 32.4 Å². The standard InChI is InChI=1S/C27H27NO9/c1-35-21-11-12-22(23(13-21)36-2)26(18-7-9-20(10-8-18)37-16-25(31)32)28(15-24(29)30)14-17-3-5-19(6-4-17)27(33)34/h3-13,26H,14-16H2,1-2H3,(H,29,30)(H,31,32)(H,33,34). The van der Waals surface area contributed by atoms with Crippen molar-refractivity contribution in [2.75, 3.05) is 27.4 Å². The van der Waals surface area contributed by atoms with E-state index in [4.69, 9.17) is 19.3 Å². The largest absolute Gasteiger partial charge is 0.497 e. The molecule has 0 saturated heterocycles. The van der Waals surface area contributed by atoms with Crippen LogP contribution >= 0.6 is 0 Å². The Morgan fingerprint density at radius 2 is 1.46 bits per heavy atom. The number of rotatable bonds is 13. The van der Waals surface area contributed by atoms with Gasteiger partial charge >= 0.3 is 17.9 Å². The maximum atomic E-state index is 11.9. The molecule has 0 aliphatic rings. The van der Waals surface area contributed by atoms with Gasteiger partial charge in [0.1, 0.15) is 17.2 Å². The molecule has 0 aliphatic heterocycles. The summed E-state index contributed by atoms with van der Waals surface area (Å²) in [6, 6.07) is 17.5. The zero-order chi connectivity index (χ0) is 26.9. The summed E-state index contributed by atoms with van der Waals surface area (Å²) >= 11 is 0. The summed E-state index contributed by atoms with van der Waals surface area (Å²) < 4.78 is 16.2. The molecule has 0 spiro atoms. The molecule has 0 heterocycles. The van der Waals surface area contributed by atoms with Crippen LogP contribution in [0, 0.1) is 0 Å². The number of carboxylic acid groups (broad SMARTS) is 3. The van der Waals surface area contributed by atoms with Crippen molar-refractivity contribution in [3.05, 3.63) is 89.0 Å². The second kappa shape index (κ2) is 12.4. The van der Waals surface area contributed by atoms with Crippen LogP contribution in [-0.4, -0.2) is 65.5 Å². The fraction of sp³-hybridized carbons (Fsp3) is 0.222. The molecule has 1 atom stereocenters. The van der Waals surface area contributed by atoms with E-state index in [2.05, 4.69) is 0 Å². The quantitative estimate of drug-likeness (QED) is 0.313. The van der Waals surface area contributed by atoms with Gasteiger partial charge in [-0.3, -0.25) is 9.69 Å². The summed E-state index contributed by atoms with van der Waals surface area (Å²) in [6.45, 7) is -0.645. The predicted molar refractivity (Wildman–Crippen MR) is 132 cm³/mol. The minimum Gasteiger partial charge on any atom is -0.497 e. The van der Waals surface area contributed by atoms with Crippen LogP contribution in [0.4, 0.5) is 0 Å². The minimum absolute atomic E-state index is 0.124. The summed E-state index contributed by atoms with van der Waals surface area (Å²) in [7, 11) is 3.03. The topological polar surface area (TPSA) is 143 Å². The predicted octanol–water partition coefficient (Wildman–Crippen LogP) is 3.54. The summed E-state index contributed by atoms with van der Waals surface area (Å²) in [5, 5.41) is 27.8. The molecule has 1 unspecified atom stereocenters. The van der Waals surface area contributed by atoms with E-state index in [1.54, 1.807) is 59.5 Å². The second-order valence-corrected chi connectivity index (χ2v) is 8.06. The zero-order valence-corrected chi connectivity index (χ0v) is 20.3. The Labute approximate surface area is 213 Å². The van der Waals surface area contributed by atoms with Crippen molar-refractivity contribution in [1.29, 1.82) is 0 Å². The van der Waals surface area contributed by atoms with Gasteiger partial charge in [-0.2, -0.15) is 0 Å². The molecule has 194 valence electrons. The number of aliphatic carboxylic acids is 2. The van der Waals surface area contributed by atoms with Gasteiger partial charge in [0, 0.05) is 18.2 Å². The van der Waals surface area contributed by atoms with Crippen molar-refractivity contribution in [3.8, 4) is 17.2 Å². The van der Waals surface area contributed by atoms with Crippen molar-refractivity contribution in [2.24, 2.45) is 0 Å². The fourth-order valence-electron chi connectivity index (χ4n) is 3.92. The van der Waals surface area contributed by atoms with E-state index >= 15 is 0 Å². The minimum atomic E-state index is -1.11. The van der Waals surface area contributed by atoms with Crippen molar-refractivity contribution in [3.63, 3.8) is 0 Å². The molecule has 3 aromatic carbocycles. The third-order valence-electron chi connectivity index (χ3n) is 5.58. The van der Waals surface area contributed by atoms with Crippen LogP contribution in [0.15, 0.2) is 66.7 Å². The average Bonchev–Trinajstić information content (AvgIpc) is 2.88. The number of methoxy groups -OCH3 is 2. The third-order valence-corrected chi connectivity index (χ3v) is 5.58. The lowest BCUT2D eigenvalue weighted by atomic mass is 9.95. The van der Waals surface area contributed by atoms with E-state index in [-0.39, 0.29) is 18.7 Å². The van der Waals surface area contributed by atoms with E-state index in [1.165, 1.54) is 26.4 Å². The van der Waals surface area contributed by atoms with Crippen LogP contribution in [0.1, 0.15) is 33.1 Å². The summed E-state index contributed by atoms with van der Waals surface area (Å²) in [4.78, 5) is 35.7. The maximum Gasteiger partial charge on any atom is 0.341 e. The molecule has 37 heavy (non-hydrogen) atoms. The summed E-state index contributed by atoms with van der Waals surface area (Å²) in [6.07, 6.45) is 0.